The first-order valence-corrected chi connectivity index (χ1v) is 5.51. The molecule has 1 atom stereocenters. The van der Waals surface area contributed by atoms with Crippen LogP contribution in [0.25, 0.3) is 0 Å². The SMILES string of the molecule is CC(C)C[C@@H](N)c1cccc(Br)c1F. The van der Waals surface area contributed by atoms with Gasteiger partial charge >= 0.3 is 0 Å². The molecule has 0 bridgehead atoms. The lowest BCUT2D eigenvalue weighted by Gasteiger charge is -2.15. The maximum Gasteiger partial charge on any atom is 0.142 e. The van der Waals surface area contributed by atoms with E-state index in [9.17, 15) is 4.39 Å². The first kappa shape index (κ1) is 11.7. The first-order chi connectivity index (χ1) is 6.52. The van der Waals surface area contributed by atoms with Crippen LogP contribution in [0.3, 0.4) is 0 Å². The highest BCUT2D eigenvalue weighted by Crippen LogP contribution is 2.25. The molecule has 0 spiro atoms. The van der Waals surface area contributed by atoms with Crippen LogP contribution >= 0.6 is 15.9 Å². The summed E-state index contributed by atoms with van der Waals surface area (Å²) in [4.78, 5) is 0. The van der Waals surface area contributed by atoms with Gasteiger partial charge < -0.3 is 5.73 Å². The molecule has 1 rings (SSSR count). The van der Waals surface area contributed by atoms with Crippen LogP contribution in [0, 0.1) is 11.7 Å². The highest BCUT2D eigenvalue weighted by molar-refractivity contribution is 9.10. The van der Waals surface area contributed by atoms with E-state index in [4.69, 9.17) is 5.73 Å². The zero-order valence-corrected chi connectivity index (χ0v) is 10.0. The summed E-state index contributed by atoms with van der Waals surface area (Å²) in [5.74, 6) is 0.240. The molecule has 0 unspecified atom stereocenters. The van der Waals surface area contributed by atoms with Gasteiger partial charge in [0, 0.05) is 11.6 Å². The van der Waals surface area contributed by atoms with Gasteiger partial charge in [-0.1, -0.05) is 26.0 Å². The summed E-state index contributed by atoms with van der Waals surface area (Å²) in [6.07, 6.45) is 0.799. The van der Waals surface area contributed by atoms with Crippen LogP contribution < -0.4 is 5.73 Å². The fraction of sp³-hybridized carbons (Fsp3) is 0.455. The number of rotatable bonds is 3. The molecule has 0 aromatic heterocycles. The van der Waals surface area contributed by atoms with Crippen LogP contribution in [0.5, 0.6) is 0 Å². The third-order valence-corrected chi connectivity index (χ3v) is 2.72. The van der Waals surface area contributed by atoms with Crippen LogP contribution in [0.1, 0.15) is 31.9 Å². The topological polar surface area (TPSA) is 26.0 Å². The van der Waals surface area contributed by atoms with Crippen LogP contribution in [-0.4, -0.2) is 0 Å². The van der Waals surface area contributed by atoms with Gasteiger partial charge in [-0.3, -0.25) is 0 Å². The Morgan fingerprint density at radius 1 is 1.43 bits per heavy atom. The summed E-state index contributed by atoms with van der Waals surface area (Å²) in [5, 5.41) is 0. The Balaban J connectivity index is 2.89. The van der Waals surface area contributed by atoms with Crippen molar-refractivity contribution in [1.82, 2.24) is 0 Å². The Labute approximate surface area is 92.6 Å². The molecular weight excluding hydrogens is 245 g/mol. The van der Waals surface area contributed by atoms with Gasteiger partial charge in [0.1, 0.15) is 5.82 Å². The van der Waals surface area contributed by atoms with Crippen molar-refractivity contribution in [2.45, 2.75) is 26.3 Å². The predicted molar refractivity (Wildman–Crippen MR) is 60.5 cm³/mol. The second kappa shape index (κ2) is 4.89. The molecule has 1 aromatic carbocycles. The van der Waals surface area contributed by atoms with Gasteiger partial charge in [-0.25, -0.2) is 4.39 Å². The summed E-state index contributed by atoms with van der Waals surface area (Å²) >= 11 is 3.15. The van der Waals surface area contributed by atoms with Crippen LogP contribution in [0.4, 0.5) is 4.39 Å². The third kappa shape index (κ3) is 2.79. The normalized spacial score (nSPS) is 13.3. The summed E-state index contributed by atoms with van der Waals surface area (Å²) in [5.41, 5.74) is 6.50. The van der Waals surface area contributed by atoms with Crippen LogP contribution in [0.2, 0.25) is 0 Å². The molecule has 0 saturated carbocycles. The smallest absolute Gasteiger partial charge is 0.142 e. The lowest BCUT2D eigenvalue weighted by molar-refractivity contribution is 0.487. The second-order valence-electron chi connectivity index (χ2n) is 3.88. The van der Waals surface area contributed by atoms with Crippen molar-refractivity contribution in [3.8, 4) is 0 Å². The van der Waals surface area contributed by atoms with Crippen molar-refractivity contribution in [2.24, 2.45) is 11.7 Å². The van der Waals surface area contributed by atoms with Crippen molar-refractivity contribution in [2.75, 3.05) is 0 Å². The molecule has 3 heteroatoms. The van der Waals surface area contributed by atoms with Gasteiger partial charge in [0.2, 0.25) is 0 Å². The van der Waals surface area contributed by atoms with Crippen molar-refractivity contribution in [1.29, 1.82) is 0 Å². The molecule has 0 saturated heterocycles. The Bertz CT molecular complexity index is 312. The zero-order chi connectivity index (χ0) is 10.7. The minimum Gasteiger partial charge on any atom is -0.324 e. The standard InChI is InChI=1S/C11H15BrFN/c1-7(2)6-10(14)8-4-3-5-9(12)11(8)13/h3-5,7,10H,6,14H2,1-2H3/t10-/m1/s1. The summed E-state index contributed by atoms with van der Waals surface area (Å²) in [6.45, 7) is 4.16. The molecule has 0 heterocycles. The maximum atomic E-state index is 13.6. The third-order valence-electron chi connectivity index (χ3n) is 2.11. The fourth-order valence-electron chi connectivity index (χ4n) is 1.44. The summed E-state index contributed by atoms with van der Waals surface area (Å²) < 4.78 is 14.1. The van der Waals surface area contributed by atoms with Gasteiger partial charge in [-0.2, -0.15) is 0 Å². The Kier molecular flexibility index (Phi) is 4.08. The molecule has 0 aliphatic heterocycles. The lowest BCUT2D eigenvalue weighted by Crippen LogP contribution is -2.14. The van der Waals surface area contributed by atoms with E-state index in [1.807, 2.05) is 6.07 Å². The van der Waals surface area contributed by atoms with Gasteiger partial charge in [0.05, 0.1) is 4.47 Å². The minimum atomic E-state index is -0.236. The Morgan fingerprint density at radius 2 is 2.07 bits per heavy atom. The molecule has 1 nitrogen and oxygen atoms in total. The largest absolute Gasteiger partial charge is 0.324 e. The lowest BCUT2D eigenvalue weighted by atomic mass is 9.97. The Morgan fingerprint density at radius 3 is 2.64 bits per heavy atom. The predicted octanol–water partition coefficient (Wildman–Crippen LogP) is 3.63. The number of hydrogen-bond acceptors (Lipinski definition) is 1. The molecular formula is C11H15BrFN. The van der Waals surface area contributed by atoms with Crippen molar-refractivity contribution in [3.05, 3.63) is 34.1 Å². The molecule has 0 aliphatic carbocycles. The quantitative estimate of drug-likeness (QED) is 0.882. The van der Waals surface area contributed by atoms with E-state index < -0.39 is 0 Å². The minimum absolute atomic E-state index is 0.215. The van der Waals surface area contributed by atoms with Gasteiger partial charge in [0.15, 0.2) is 0 Å². The van der Waals surface area contributed by atoms with Crippen molar-refractivity contribution in [3.63, 3.8) is 0 Å². The van der Waals surface area contributed by atoms with Gasteiger partial charge in [-0.05, 0) is 34.3 Å². The van der Waals surface area contributed by atoms with E-state index in [1.54, 1.807) is 12.1 Å². The Hall–Kier alpha value is -0.410. The number of benzene rings is 1. The number of hydrogen-bond donors (Lipinski definition) is 1. The monoisotopic (exact) mass is 259 g/mol. The summed E-state index contributed by atoms with van der Waals surface area (Å²) in [6, 6.07) is 5.02. The first-order valence-electron chi connectivity index (χ1n) is 4.72. The van der Waals surface area contributed by atoms with E-state index in [0.717, 1.165) is 6.42 Å². The molecule has 1 aromatic rings. The molecule has 2 N–H and O–H groups in total. The average Bonchev–Trinajstić information content (AvgIpc) is 2.08. The molecule has 0 fully saturated rings. The van der Waals surface area contributed by atoms with E-state index >= 15 is 0 Å². The fourth-order valence-corrected chi connectivity index (χ4v) is 1.82. The highest BCUT2D eigenvalue weighted by Gasteiger charge is 2.14. The molecule has 14 heavy (non-hydrogen) atoms. The molecule has 78 valence electrons. The van der Waals surface area contributed by atoms with Crippen LogP contribution in [-0.2, 0) is 0 Å². The van der Waals surface area contributed by atoms with Gasteiger partial charge in [-0.15, -0.1) is 0 Å². The number of halogens is 2. The number of nitrogens with two attached hydrogens (primary N) is 1. The zero-order valence-electron chi connectivity index (χ0n) is 8.43. The van der Waals surface area contributed by atoms with E-state index in [0.29, 0.717) is 16.0 Å². The molecule has 0 amide bonds. The van der Waals surface area contributed by atoms with Crippen LogP contribution in [0.15, 0.2) is 22.7 Å². The van der Waals surface area contributed by atoms with Crippen molar-refractivity contribution >= 4 is 15.9 Å². The van der Waals surface area contributed by atoms with Crippen molar-refractivity contribution < 1.29 is 4.39 Å². The van der Waals surface area contributed by atoms with E-state index in [1.165, 1.54) is 0 Å². The van der Waals surface area contributed by atoms with E-state index in [-0.39, 0.29) is 11.9 Å². The maximum absolute atomic E-state index is 13.6. The molecule has 0 radical (unpaired) electrons. The van der Waals surface area contributed by atoms with E-state index in [2.05, 4.69) is 29.8 Å². The second-order valence-corrected chi connectivity index (χ2v) is 4.73. The highest BCUT2D eigenvalue weighted by atomic mass is 79.9. The molecule has 0 aliphatic rings. The average molecular weight is 260 g/mol. The summed E-state index contributed by atoms with van der Waals surface area (Å²) in [7, 11) is 0. The van der Waals surface area contributed by atoms with Gasteiger partial charge in [0.25, 0.3) is 0 Å².